The molecule has 1 amide bonds. The number of anilines is 1. The first-order valence-corrected chi connectivity index (χ1v) is 8.71. The fourth-order valence-electron chi connectivity index (χ4n) is 2.31. The van der Waals surface area contributed by atoms with Crippen LogP contribution in [0.4, 0.5) is 5.69 Å². The summed E-state index contributed by atoms with van der Waals surface area (Å²) in [6.45, 7) is 7.59. The maximum atomic E-state index is 12.4. The number of aryl methyl sites for hydroxylation is 1. The highest BCUT2D eigenvalue weighted by Gasteiger charge is 2.18. The summed E-state index contributed by atoms with van der Waals surface area (Å²) < 4.78 is 10.7. The molecule has 0 spiro atoms. The lowest BCUT2D eigenvalue weighted by molar-refractivity contribution is -0.122. The van der Waals surface area contributed by atoms with Crippen molar-refractivity contribution in [2.75, 3.05) is 11.9 Å². The zero-order valence-electron chi connectivity index (χ0n) is 15.3. The van der Waals surface area contributed by atoms with Crippen LogP contribution >= 0.6 is 11.6 Å². The molecule has 1 N–H and O–H groups in total. The number of ether oxygens (including phenoxy) is 2. The highest BCUT2D eigenvalue weighted by molar-refractivity contribution is 6.34. The molecular formula is C20H22ClNO4. The van der Waals surface area contributed by atoms with Crippen LogP contribution in [0, 0.1) is 13.8 Å². The first-order valence-electron chi connectivity index (χ1n) is 8.34. The van der Waals surface area contributed by atoms with Gasteiger partial charge in [0.05, 0.1) is 17.2 Å². The minimum atomic E-state index is -0.695. The summed E-state index contributed by atoms with van der Waals surface area (Å²) >= 11 is 6.11. The minimum Gasteiger partial charge on any atom is -0.481 e. The lowest BCUT2D eigenvalue weighted by atomic mass is 10.1. The van der Waals surface area contributed by atoms with Gasteiger partial charge in [-0.2, -0.15) is 0 Å². The molecule has 0 aliphatic carbocycles. The smallest absolute Gasteiger partial charge is 0.339 e. The topological polar surface area (TPSA) is 64.6 Å². The maximum Gasteiger partial charge on any atom is 0.339 e. The third-order valence-corrected chi connectivity index (χ3v) is 4.27. The lowest BCUT2D eigenvalue weighted by Crippen LogP contribution is -2.30. The van der Waals surface area contributed by atoms with Crippen molar-refractivity contribution < 1.29 is 19.1 Å². The maximum absolute atomic E-state index is 12.4. The van der Waals surface area contributed by atoms with Gasteiger partial charge in [-0.25, -0.2) is 4.79 Å². The monoisotopic (exact) mass is 375 g/mol. The number of carbonyl (C=O) groups is 2. The Morgan fingerprint density at radius 1 is 1.19 bits per heavy atom. The van der Waals surface area contributed by atoms with Crippen molar-refractivity contribution in [3.63, 3.8) is 0 Å². The van der Waals surface area contributed by atoms with Crippen molar-refractivity contribution in [3.8, 4) is 5.75 Å². The Labute approximate surface area is 158 Å². The highest BCUT2D eigenvalue weighted by atomic mass is 35.5. The average Bonchev–Trinajstić information content (AvgIpc) is 2.59. The first kappa shape index (κ1) is 19.8. The number of halogens is 1. The van der Waals surface area contributed by atoms with Crippen LogP contribution in [-0.2, 0) is 9.53 Å². The minimum absolute atomic E-state index is 0.212. The molecule has 6 heteroatoms. The molecule has 0 aliphatic heterocycles. The molecule has 0 aromatic heterocycles. The van der Waals surface area contributed by atoms with Crippen LogP contribution in [0.25, 0.3) is 0 Å². The Bertz CT molecular complexity index is 819. The van der Waals surface area contributed by atoms with E-state index in [2.05, 4.69) is 5.32 Å². The molecule has 2 aromatic carbocycles. The van der Waals surface area contributed by atoms with Gasteiger partial charge in [0.2, 0.25) is 0 Å². The molecule has 26 heavy (non-hydrogen) atoms. The Hall–Kier alpha value is -2.53. The van der Waals surface area contributed by atoms with E-state index in [9.17, 15) is 9.59 Å². The molecule has 2 aromatic rings. The third-order valence-electron chi connectivity index (χ3n) is 3.96. The molecule has 138 valence electrons. The first-order chi connectivity index (χ1) is 12.3. The van der Waals surface area contributed by atoms with Gasteiger partial charge in [0.1, 0.15) is 5.75 Å². The summed E-state index contributed by atoms with van der Waals surface area (Å²) in [6.07, 6.45) is -0.695. The predicted molar refractivity (Wildman–Crippen MR) is 102 cm³/mol. The molecule has 0 saturated carbocycles. The van der Waals surface area contributed by atoms with E-state index in [1.807, 2.05) is 32.0 Å². The Morgan fingerprint density at radius 3 is 2.58 bits per heavy atom. The molecule has 2 rings (SSSR count). The van der Waals surface area contributed by atoms with Crippen molar-refractivity contribution in [2.24, 2.45) is 0 Å². The van der Waals surface area contributed by atoms with Crippen molar-refractivity contribution >= 4 is 29.2 Å². The molecule has 0 aliphatic rings. The normalized spacial score (nSPS) is 11.6. The van der Waals surface area contributed by atoms with E-state index in [4.69, 9.17) is 21.1 Å². The van der Waals surface area contributed by atoms with Crippen LogP contribution in [0.3, 0.4) is 0 Å². The van der Waals surface area contributed by atoms with Gasteiger partial charge in [-0.1, -0.05) is 23.7 Å². The third kappa shape index (κ3) is 4.76. The lowest BCUT2D eigenvalue weighted by Gasteiger charge is -2.17. The van der Waals surface area contributed by atoms with Gasteiger partial charge in [-0.05, 0) is 63.1 Å². The Kier molecular flexibility index (Phi) is 6.64. The van der Waals surface area contributed by atoms with E-state index in [1.54, 1.807) is 19.9 Å². The number of carbonyl (C=O) groups excluding carboxylic acids is 2. The van der Waals surface area contributed by atoms with E-state index in [0.29, 0.717) is 11.4 Å². The molecule has 0 heterocycles. The summed E-state index contributed by atoms with van der Waals surface area (Å²) in [5, 5.41) is 2.95. The predicted octanol–water partition coefficient (Wildman–Crippen LogP) is 4.54. The van der Waals surface area contributed by atoms with E-state index in [0.717, 1.165) is 11.1 Å². The number of amides is 1. The van der Waals surface area contributed by atoms with E-state index in [1.165, 1.54) is 12.1 Å². The standard InChI is InChI=1S/C20H22ClNO4/c1-5-25-20(24)16-10-9-15(11-17(16)21)22-19(23)14(4)26-18-8-6-7-12(2)13(18)3/h6-11,14H,5H2,1-4H3,(H,22,23)/t14-/m0/s1. The van der Waals surface area contributed by atoms with E-state index in [-0.39, 0.29) is 23.1 Å². The zero-order valence-corrected chi connectivity index (χ0v) is 16.0. The fourth-order valence-corrected chi connectivity index (χ4v) is 2.56. The van der Waals surface area contributed by atoms with Crippen molar-refractivity contribution in [1.29, 1.82) is 0 Å². The number of esters is 1. The quantitative estimate of drug-likeness (QED) is 0.753. The summed E-state index contributed by atoms with van der Waals surface area (Å²) in [5.74, 6) is -0.142. The zero-order chi connectivity index (χ0) is 19.3. The molecule has 0 bridgehead atoms. The van der Waals surface area contributed by atoms with Gasteiger partial charge >= 0.3 is 5.97 Å². The molecular weight excluding hydrogens is 354 g/mol. The van der Waals surface area contributed by atoms with E-state index < -0.39 is 12.1 Å². The fraction of sp³-hybridized carbons (Fsp3) is 0.300. The van der Waals surface area contributed by atoms with Gasteiger partial charge in [-0.15, -0.1) is 0 Å². The van der Waals surface area contributed by atoms with Crippen LogP contribution in [-0.4, -0.2) is 24.6 Å². The number of hydrogen-bond donors (Lipinski definition) is 1. The summed E-state index contributed by atoms with van der Waals surface area (Å²) in [7, 11) is 0. The van der Waals surface area contributed by atoms with Crippen LogP contribution in [0.2, 0.25) is 5.02 Å². The van der Waals surface area contributed by atoms with Crippen molar-refractivity contribution in [2.45, 2.75) is 33.8 Å². The number of hydrogen-bond acceptors (Lipinski definition) is 4. The van der Waals surface area contributed by atoms with Gasteiger partial charge in [0, 0.05) is 5.69 Å². The number of rotatable bonds is 6. The molecule has 0 fully saturated rings. The van der Waals surface area contributed by atoms with Crippen LogP contribution in [0.15, 0.2) is 36.4 Å². The second-order valence-corrected chi connectivity index (χ2v) is 6.27. The summed E-state index contributed by atoms with van der Waals surface area (Å²) in [6, 6.07) is 10.3. The van der Waals surface area contributed by atoms with Crippen molar-refractivity contribution in [3.05, 3.63) is 58.1 Å². The molecule has 0 saturated heterocycles. The van der Waals surface area contributed by atoms with Crippen LogP contribution in [0.5, 0.6) is 5.75 Å². The molecule has 5 nitrogen and oxygen atoms in total. The largest absolute Gasteiger partial charge is 0.481 e. The molecule has 0 radical (unpaired) electrons. The van der Waals surface area contributed by atoms with Crippen LogP contribution < -0.4 is 10.1 Å². The molecule has 1 atom stereocenters. The number of nitrogens with one attached hydrogen (secondary N) is 1. The number of benzene rings is 2. The van der Waals surface area contributed by atoms with Gasteiger partial charge in [-0.3, -0.25) is 4.79 Å². The van der Waals surface area contributed by atoms with E-state index >= 15 is 0 Å². The van der Waals surface area contributed by atoms with Gasteiger partial charge in [0.25, 0.3) is 5.91 Å². The van der Waals surface area contributed by atoms with Crippen molar-refractivity contribution in [1.82, 2.24) is 0 Å². The molecule has 0 unspecified atom stereocenters. The average molecular weight is 376 g/mol. The summed E-state index contributed by atoms with van der Waals surface area (Å²) in [5.41, 5.74) is 2.82. The SMILES string of the molecule is CCOC(=O)c1ccc(NC(=O)[C@H](C)Oc2cccc(C)c2C)cc1Cl. The Morgan fingerprint density at radius 2 is 1.92 bits per heavy atom. The van der Waals surface area contributed by atoms with Gasteiger partial charge < -0.3 is 14.8 Å². The second kappa shape index (κ2) is 8.72. The highest BCUT2D eigenvalue weighted by Crippen LogP contribution is 2.24. The Balaban J connectivity index is 2.06. The van der Waals surface area contributed by atoms with Crippen LogP contribution in [0.1, 0.15) is 35.3 Å². The van der Waals surface area contributed by atoms with Gasteiger partial charge in [0.15, 0.2) is 6.10 Å². The second-order valence-electron chi connectivity index (χ2n) is 5.86. The summed E-state index contributed by atoms with van der Waals surface area (Å²) in [4.78, 5) is 24.1.